The highest BCUT2D eigenvalue weighted by Crippen LogP contribution is 2.39. The molecule has 0 aromatic carbocycles. The lowest BCUT2D eigenvalue weighted by molar-refractivity contribution is -0.140. The molecule has 118 valence electrons. The zero-order chi connectivity index (χ0) is 15.6. The number of nitrogens with one attached hydrogen (secondary N) is 1. The minimum absolute atomic E-state index is 0.146. The van der Waals surface area contributed by atoms with Crippen LogP contribution in [0.2, 0.25) is 0 Å². The van der Waals surface area contributed by atoms with Gasteiger partial charge >= 0.3 is 5.97 Å². The average molecular weight is 313 g/mol. The van der Waals surface area contributed by atoms with E-state index in [2.05, 4.69) is 0 Å². The molecule has 1 aliphatic rings. The summed E-state index contributed by atoms with van der Waals surface area (Å²) in [5.74, 6) is -6.73. The Morgan fingerprint density at radius 3 is 2.45 bits per heavy atom. The maximum atomic E-state index is 13.6. The van der Waals surface area contributed by atoms with Crippen LogP contribution < -0.4 is 4.72 Å². The molecule has 1 fully saturated rings. The first-order valence-electron chi connectivity index (χ1n) is 6.66. The molecule has 2 N–H and O–H groups in total. The van der Waals surface area contributed by atoms with E-state index in [1.165, 1.54) is 0 Å². The molecule has 1 saturated carbocycles. The first-order chi connectivity index (χ1) is 9.05. The van der Waals surface area contributed by atoms with Crippen LogP contribution in [0.15, 0.2) is 0 Å². The van der Waals surface area contributed by atoms with Crippen molar-refractivity contribution in [3.63, 3.8) is 0 Å². The molecule has 0 bridgehead atoms. The van der Waals surface area contributed by atoms with E-state index in [4.69, 9.17) is 5.11 Å². The van der Waals surface area contributed by atoms with Gasteiger partial charge < -0.3 is 5.11 Å². The van der Waals surface area contributed by atoms with Crippen molar-refractivity contribution < 1.29 is 27.1 Å². The van der Waals surface area contributed by atoms with Gasteiger partial charge in [0.25, 0.3) is 5.92 Å². The summed E-state index contributed by atoms with van der Waals surface area (Å²) in [4.78, 5) is 11.0. The molecule has 5 nitrogen and oxygen atoms in total. The van der Waals surface area contributed by atoms with Gasteiger partial charge in [-0.2, -0.15) is 0 Å². The standard InChI is InChI=1S/C12H21F2NO4S/c1-8(2)10(11(16)17)15-20(18,19)7-9-5-3-4-6-12(9,13)14/h8-10,15H,3-7H2,1-2H3,(H,16,17)/t9?,10-/m1/s1. The zero-order valence-electron chi connectivity index (χ0n) is 11.6. The number of carboxylic acids is 1. The predicted octanol–water partition coefficient (Wildman–Crippen LogP) is 1.84. The number of aliphatic carboxylic acids is 1. The zero-order valence-corrected chi connectivity index (χ0v) is 12.4. The third-order valence-corrected chi connectivity index (χ3v) is 5.02. The molecule has 0 aliphatic heterocycles. The van der Waals surface area contributed by atoms with E-state index in [1.807, 2.05) is 4.72 Å². The van der Waals surface area contributed by atoms with Gasteiger partial charge in [-0.25, -0.2) is 21.9 Å². The Labute approximate surface area is 117 Å². The van der Waals surface area contributed by atoms with E-state index < -0.39 is 45.5 Å². The van der Waals surface area contributed by atoms with E-state index >= 15 is 0 Å². The molecule has 0 aromatic heterocycles. The van der Waals surface area contributed by atoms with E-state index in [0.29, 0.717) is 12.8 Å². The Bertz CT molecular complexity index is 450. The summed E-state index contributed by atoms with van der Waals surface area (Å²) in [6.07, 6.45) is 0.802. The van der Waals surface area contributed by atoms with E-state index in [9.17, 15) is 22.0 Å². The van der Waals surface area contributed by atoms with Gasteiger partial charge in [-0.05, 0) is 18.8 Å². The predicted molar refractivity (Wildman–Crippen MR) is 70.1 cm³/mol. The topological polar surface area (TPSA) is 83.5 Å². The number of sulfonamides is 1. The van der Waals surface area contributed by atoms with Gasteiger partial charge in [-0.3, -0.25) is 4.79 Å². The highest BCUT2D eigenvalue weighted by molar-refractivity contribution is 7.89. The Hall–Kier alpha value is -0.760. The Morgan fingerprint density at radius 1 is 1.40 bits per heavy atom. The lowest BCUT2D eigenvalue weighted by atomic mass is 9.87. The normalized spacial score (nSPS) is 24.6. The second-order valence-electron chi connectivity index (χ2n) is 5.66. The number of rotatable bonds is 6. The van der Waals surface area contributed by atoms with E-state index in [1.54, 1.807) is 13.8 Å². The highest BCUT2D eigenvalue weighted by atomic mass is 32.2. The SMILES string of the molecule is CC(C)[C@@H](NS(=O)(=O)CC1CCCCC1(F)F)C(=O)O. The second-order valence-corrected chi connectivity index (χ2v) is 7.46. The number of carbonyl (C=O) groups is 1. The molecule has 1 unspecified atom stereocenters. The molecule has 0 spiro atoms. The third kappa shape index (κ3) is 4.66. The van der Waals surface area contributed by atoms with Crippen molar-refractivity contribution in [3.05, 3.63) is 0 Å². The largest absolute Gasteiger partial charge is 0.480 e. The van der Waals surface area contributed by atoms with Crippen LogP contribution in [0.3, 0.4) is 0 Å². The van der Waals surface area contributed by atoms with Crippen LogP contribution in [0.4, 0.5) is 8.78 Å². The lowest BCUT2D eigenvalue weighted by Crippen LogP contribution is -2.48. The van der Waals surface area contributed by atoms with Crippen molar-refractivity contribution in [1.82, 2.24) is 4.72 Å². The molecule has 8 heteroatoms. The fraction of sp³-hybridized carbons (Fsp3) is 0.917. The molecule has 0 saturated heterocycles. The molecular weight excluding hydrogens is 292 g/mol. The monoisotopic (exact) mass is 313 g/mol. The summed E-state index contributed by atoms with van der Waals surface area (Å²) in [5, 5.41) is 8.94. The molecule has 0 amide bonds. The number of hydrogen-bond donors (Lipinski definition) is 2. The summed E-state index contributed by atoms with van der Waals surface area (Å²) >= 11 is 0. The van der Waals surface area contributed by atoms with Gasteiger partial charge in [0.2, 0.25) is 10.0 Å². The first kappa shape index (κ1) is 17.3. The number of alkyl halides is 2. The maximum absolute atomic E-state index is 13.6. The highest BCUT2D eigenvalue weighted by Gasteiger charge is 2.44. The third-order valence-electron chi connectivity index (χ3n) is 3.57. The van der Waals surface area contributed by atoms with Gasteiger partial charge in [-0.15, -0.1) is 0 Å². The number of hydrogen-bond acceptors (Lipinski definition) is 3. The maximum Gasteiger partial charge on any atom is 0.321 e. The van der Waals surface area contributed by atoms with Crippen LogP contribution in [0.25, 0.3) is 0 Å². The van der Waals surface area contributed by atoms with E-state index in [0.717, 1.165) is 0 Å². The quantitative estimate of drug-likeness (QED) is 0.784. The van der Waals surface area contributed by atoms with Gasteiger partial charge in [0.05, 0.1) is 5.75 Å². The van der Waals surface area contributed by atoms with Gasteiger partial charge in [-0.1, -0.05) is 20.3 Å². The van der Waals surface area contributed by atoms with Crippen LogP contribution in [-0.4, -0.2) is 37.2 Å². The minimum atomic E-state index is -4.05. The molecule has 1 aliphatic carbocycles. The molecule has 0 heterocycles. The first-order valence-corrected chi connectivity index (χ1v) is 8.31. The second kappa shape index (κ2) is 6.34. The van der Waals surface area contributed by atoms with Crippen LogP contribution in [0.1, 0.15) is 39.5 Å². The Kier molecular flexibility index (Phi) is 5.48. The van der Waals surface area contributed by atoms with Crippen LogP contribution in [0.5, 0.6) is 0 Å². The molecule has 1 rings (SSSR count). The van der Waals surface area contributed by atoms with Crippen molar-refractivity contribution in [2.75, 3.05) is 5.75 Å². The number of halogens is 2. The molecular formula is C12H21F2NO4S. The van der Waals surface area contributed by atoms with Crippen molar-refractivity contribution in [1.29, 1.82) is 0 Å². The Balaban J connectivity index is 2.76. The number of carboxylic acid groups (broad SMARTS) is 1. The minimum Gasteiger partial charge on any atom is -0.480 e. The van der Waals surface area contributed by atoms with Crippen molar-refractivity contribution in [3.8, 4) is 0 Å². The van der Waals surface area contributed by atoms with Crippen LogP contribution in [-0.2, 0) is 14.8 Å². The molecule has 2 atom stereocenters. The summed E-state index contributed by atoms with van der Waals surface area (Å²) in [6, 6.07) is -1.29. The fourth-order valence-electron chi connectivity index (χ4n) is 2.35. The van der Waals surface area contributed by atoms with E-state index in [-0.39, 0.29) is 12.8 Å². The summed E-state index contributed by atoms with van der Waals surface area (Å²) in [7, 11) is -4.05. The van der Waals surface area contributed by atoms with Crippen molar-refractivity contribution in [2.45, 2.75) is 51.5 Å². The van der Waals surface area contributed by atoms with Gasteiger partial charge in [0.1, 0.15) is 6.04 Å². The average Bonchev–Trinajstić information content (AvgIpc) is 2.28. The van der Waals surface area contributed by atoms with Crippen molar-refractivity contribution in [2.24, 2.45) is 11.8 Å². The molecule has 0 aromatic rings. The summed E-state index contributed by atoms with van der Waals surface area (Å²) in [5.41, 5.74) is 0. The van der Waals surface area contributed by atoms with Gasteiger partial charge in [0.15, 0.2) is 0 Å². The Morgan fingerprint density at radius 2 is 2.00 bits per heavy atom. The molecule has 0 radical (unpaired) electrons. The fourth-order valence-corrected chi connectivity index (χ4v) is 4.15. The summed E-state index contributed by atoms with van der Waals surface area (Å²) < 4.78 is 53.1. The summed E-state index contributed by atoms with van der Waals surface area (Å²) in [6.45, 7) is 3.10. The van der Waals surface area contributed by atoms with Gasteiger partial charge in [0, 0.05) is 12.3 Å². The lowest BCUT2D eigenvalue weighted by Gasteiger charge is -2.31. The van der Waals surface area contributed by atoms with Crippen LogP contribution in [0, 0.1) is 11.8 Å². The molecule has 20 heavy (non-hydrogen) atoms. The van der Waals surface area contributed by atoms with Crippen molar-refractivity contribution >= 4 is 16.0 Å². The van der Waals surface area contributed by atoms with Crippen LogP contribution >= 0.6 is 0 Å². The smallest absolute Gasteiger partial charge is 0.321 e.